The third-order valence-electron chi connectivity index (χ3n) is 2.79. The van der Waals surface area contributed by atoms with Crippen LogP contribution in [0.25, 0.3) is 0 Å². The van der Waals surface area contributed by atoms with Crippen molar-refractivity contribution in [3.63, 3.8) is 0 Å². The van der Waals surface area contributed by atoms with E-state index in [1.807, 2.05) is 0 Å². The summed E-state index contributed by atoms with van der Waals surface area (Å²) in [6.07, 6.45) is 0.207. The number of esters is 1. The fourth-order valence-corrected chi connectivity index (χ4v) is 2.70. The molecule has 0 saturated carbocycles. The van der Waals surface area contributed by atoms with Gasteiger partial charge in [-0.05, 0) is 26.1 Å². The zero-order valence-electron chi connectivity index (χ0n) is 11.9. The first-order valence-electron chi connectivity index (χ1n) is 6.31. The number of hydrogen-bond donors (Lipinski definition) is 1. The van der Waals surface area contributed by atoms with Gasteiger partial charge in [0.25, 0.3) is 0 Å². The Labute approximate surface area is 119 Å². The number of sulfonamides is 1. The van der Waals surface area contributed by atoms with Crippen molar-refractivity contribution in [3.05, 3.63) is 24.3 Å². The molecule has 1 aromatic rings. The molecule has 0 saturated heterocycles. The first-order chi connectivity index (χ1) is 9.42. The molecule has 0 aliphatic heterocycles. The van der Waals surface area contributed by atoms with Crippen LogP contribution in [0.1, 0.15) is 13.3 Å². The number of carbonyl (C=O) groups is 1. The molecule has 7 heteroatoms. The van der Waals surface area contributed by atoms with Crippen molar-refractivity contribution in [1.82, 2.24) is 4.72 Å². The average Bonchev–Trinajstić information content (AvgIpc) is 2.45. The van der Waals surface area contributed by atoms with E-state index in [1.165, 1.54) is 13.1 Å². The van der Waals surface area contributed by atoms with Crippen LogP contribution in [-0.4, -0.2) is 41.6 Å². The first-order valence-corrected chi connectivity index (χ1v) is 7.80. The monoisotopic (exact) mass is 300 g/mol. The molecular formula is C13H20N2O4S. The minimum Gasteiger partial charge on any atom is -0.466 e. The molecule has 0 unspecified atom stereocenters. The highest BCUT2D eigenvalue weighted by molar-refractivity contribution is 7.89. The standard InChI is InChI=1S/C13H20N2O4S/c1-4-19-13(16)9-10-15(3)11-7-5-6-8-12(11)20(17,18)14-2/h5-8,14H,4,9-10H2,1-3H3. The Kier molecular flexibility index (Phi) is 5.97. The van der Waals surface area contributed by atoms with Gasteiger partial charge in [0, 0.05) is 13.6 Å². The van der Waals surface area contributed by atoms with E-state index in [9.17, 15) is 13.2 Å². The normalized spacial score (nSPS) is 11.2. The molecule has 1 N–H and O–H groups in total. The predicted octanol–water partition coefficient (Wildman–Crippen LogP) is 0.984. The topological polar surface area (TPSA) is 75.7 Å². The number of carbonyl (C=O) groups excluding carboxylic acids is 1. The second-order valence-electron chi connectivity index (χ2n) is 4.15. The van der Waals surface area contributed by atoms with Gasteiger partial charge < -0.3 is 9.64 Å². The molecule has 0 bridgehead atoms. The minimum atomic E-state index is -3.53. The molecule has 6 nitrogen and oxygen atoms in total. The van der Waals surface area contributed by atoms with E-state index in [0.717, 1.165) is 0 Å². The van der Waals surface area contributed by atoms with Crippen molar-refractivity contribution < 1.29 is 17.9 Å². The molecule has 20 heavy (non-hydrogen) atoms. The van der Waals surface area contributed by atoms with Crippen molar-refractivity contribution in [1.29, 1.82) is 0 Å². The lowest BCUT2D eigenvalue weighted by Crippen LogP contribution is -2.26. The van der Waals surface area contributed by atoms with Gasteiger partial charge >= 0.3 is 5.97 Å². The fourth-order valence-electron chi connectivity index (χ4n) is 1.72. The number of hydrogen-bond acceptors (Lipinski definition) is 5. The number of ether oxygens (including phenoxy) is 1. The maximum atomic E-state index is 11.9. The first kappa shape index (κ1) is 16.5. The summed E-state index contributed by atoms with van der Waals surface area (Å²) in [5, 5.41) is 0. The molecule has 0 radical (unpaired) electrons. The molecule has 0 atom stereocenters. The summed E-state index contributed by atoms with van der Waals surface area (Å²) in [7, 11) is -0.425. The van der Waals surface area contributed by atoms with Crippen molar-refractivity contribution in [2.75, 3.05) is 32.1 Å². The molecule has 1 aromatic carbocycles. The molecule has 0 spiro atoms. The molecule has 0 aliphatic carbocycles. The van der Waals surface area contributed by atoms with Gasteiger partial charge in [0.2, 0.25) is 10.0 Å². The van der Waals surface area contributed by atoms with Crippen LogP contribution < -0.4 is 9.62 Å². The van der Waals surface area contributed by atoms with Gasteiger partial charge in [-0.15, -0.1) is 0 Å². The highest BCUT2D eigenvalue weighted by Crippen LogP contribution is 2.23. The van der Waals surface area contributed by atoms with Gasteiger partial charge in [-0.25, -0.2) is 13.1 Å². The van der Waals surface area contributed by atoms with E-state index in [4.69, 9.17) is 4.74 Å². The van der Waals surface area contributed by atoms with Crippen molar-refractivity contribution in [3.8, 4) is 0 Å². The van der Waals surface area contributed by atoms with Crippen molar-refractivity contribution >= 4 is 21.7 Å². The van der Waals surface area contributed by atoms with Gasteiger partial charge in [-0.1, -0.05) is 12.1 Å². The maximum Gasteiger partial charge on any atom is 0.307 e. The SMILES string of the molecule is CCOC(=O)CCN(C)c1ccccc1S(=O)(=O)NC. The second kappa shape index (κ2) is 7.25. The summed E-state index contributed by atoms with van der Waals surface area (Å²) < 4.78 is 31.0. The Morgan fingerprint density at radius 1 is 1.35 bits per heavy atom. The Balaban J connectivity index is 2.89. The van der Waals surface area contributed by atoms with Crippen LogP contribution in [0.5, 0.6) is 0 Å². The molecule has 1 rings (SSSR count). The minimum absolute atomic E-state index is 0.189. The Bertz CT molecular complexity index is 557. The quantitative estimate of drug-likeness (QED) is 0.760. The van der Waals surface area contributed by atoms with Crippen LogP contribution in [0.3, 0.4) is 0 Å². The Morgan fingerprint density at radius 2 is 2.00 bits per heavy atom. The molecule has 0 amide bonds. The largest absolute Gasteiger partial charge is 0.466 e. The average molecular weight is 300 g/mol. The molecule has 112 valence electrons. The molecule has 0 fully saturated rings. The summed E-state index contributed by atoms with van der Waals surface area (Å²) >= 11 is 0. The van der Waals surface area contributed by atoms with Crippen LogP contribution in [0.15, 0.2) is 29.2 Å². The van der Waals surface area contributed by atoms with Crippen molar-refractivity contribution in [2.45, 2.75) is 18.2 Å². The molecule has 0 aromatic heterocycles. The van der Waals surface area contributed by atoms with Crippen molar-refractivity contribution in [2.24, 2.45) is 0 Å². The summed E-state index contributed by atoms with van der Waals surface area (Å²) in [4.78, 5) is 13.2. The van der Waals surface area contributed by atoms with E-state index < -0.39 is 10.0 Å². The third-order valence-corrected chi connectivity index (χ3v) is 4.25. The number of anilines is 1. The zero-order valence-corrected chi connectivity index (χ0v) is 12.7. The van der Waals surface area contributed by atoms with E-state index in [2.05, 4.69) is 4.72 Å². The highest BCUT2D eigenvalue weighted by atomic mass is 32.2. The summed E-state index contributed by atoms with van der Waals surface area (Å²) in [5.74, 6) is -0.298. The lowest BCUT2D eigenvalue weighted by molar-refractivity contribution is -0.142. The van der Waals surface area contributed by atoms with E-state index in [0.29, 0.717) is 18.8 Å². The lowest BCUT2D eigenvalue weighted by Gasteiger charge is -2.21. The Morgan fingerprint density at radius 3 is 2.60 bits per heavy atom. The van der Waals surface area contributed by atoms with E-state index in [1.54, 1.807) is 37.1 Å². The van der Waals surface area contributed by atoms with E-state index >= 15 is 0 Å². The summed E-state index contributed by atoms with van der Waals surface area (Å²) in [5.41, 5.74) is 0.547. The van der Waals surface area contributed by atoms with Gasteiger partial charge in [0.15, 0.2) is 0 Å². The van der Waals surface area contributed by atoms with Crippen LogP contribution in [0.2, 0.25) is 0 Å². The van der Waals surface area contributed by atoms with Crippen LogP contribution >= 0.6 is 0 Å². The molecule has 0 heterocycles. The number of rotatable bonds is 7. The summed E-state index contributed by atoms with van der Waals surface area (Å²) in [6.45, 7) is 2.47. The van der Waals surface area contributed by atoms with E-state index in [-0.39, 0.29) is 17.3 Å². The fraction of sp³-hybridized carbons (Fsp3) is 0.462. The van der Waals surface area contributed by atoms with Gasteiger partial charge in [-0.2, -0.15) is 0 Å². The zero-order chi connectivity index (χ0) is 15.2. The third kappa shape index (κ3) is 4.21. The maximum absolute atomic E-state index is 11.9. The second-order valence-corrected chi connectivity index (χ2v) is 6.01. The predicted molar refractivity (Wildman–Crippen MR) is 77.2 cm³/mol. The molecule has 0 aliphatic rings. The van der Waals surface area contributed by atoms with Gasteiger partial charge in [-0.3, -0.25) is 4.79 Å². The number of para-hydroxylation sites is 1. The van der Waals surface area contributed by atoms with Gasteiger partial charge in [0.05, 0.1) is 18.7 Å². The summed E-state index contributed by atoms with van der Waals surface area (Å²) in [6, 6.07) is 6.65. The number of nitrogens with one attached hydrogen (secondary N) is 1. The van der Waals surface area contributed by atoms with Gasteiger partial charge in [0.1, 0.15) is 4.90 Å². The highest BCUT2D eigenvalue weighted by Gasteiger charge is 2.18. The Hall–Kier alpha value is -1.60. The molecular weight excluding hydrogens is 280 g/mol. The number of nitrogens with zero attached hydrogens (tertiary/aromatic N) is 1. The lowest BCUT2D eigenvalue weighted by atomic mass is 10.3. The van der Waals surface area contributed by atoms with Crippen LogP contribution in [-0.2, 0) is 19.6 Å². The number of benzene rings is 1. The van der Waals surface area contributed by atoms with Crippen LogP contribution in [0, 0.1) is 0 Å². The van der Waals surface area contributed by atoms with Crippen LogP contribution in [0.4, 0.5) is 5.69 Å². The smallest absolute Gasteiger partial charge is 0.307 e.